The fourth-order valence-electron chi connectivity index (χ4n) is 3.72. The molecule has 1 aromatic heterocycles. The lowest BCUT2D eigenvalue weighted by Gasteiger charge is -2.31. The van der Waals surface area contributed by atoms with Crippen molar-refractivity contribution >= 4 is 11.8 Å². The zero-order valence-corrected chi connectivity index (χ0v) is 17.8. The number of hydrogen-bond donors (Lipinski definition) is 0. The van der Waals surface area contributed by atoms with E-state index in [4.69, 9.17) is 9.47 Å². The summed E-state index contributed by atoms with van der Waals surface area (Å²) in [5.41, 5.74) is 1.60. The van der Waals surface area contributed by atoms with Crippen molar-refractivity contribution in [3.63, 3.8) is 0 Å². The number of carbonyl (C=O) groups is 2. The summed E-state index contributed by atoms with van der Waals surface area (Å²) in [6, 6.07) is 9.42. The standard InChI is InChI=1S/C23H29N3O4/c1-4-16(2)25(23(28)17-7-10-20-21(12-17)30-15-29-20)14-22(27)26(18-8-9-18)13-19-6-5-11-24(19)3/h5-7,10-12,16,18H,4,8-9,13-15H2,1-3H3/t16-/m1/s1. The number of hydrogen-bond acceptors (Lipinski definition) is 4. The largest absolute Gasteiger partial charge is 0.454 e. The molecule has 1 aliphatic carbocycles. The van der Waals surface area contributed by atoms with E-state index in [9.17, 15) is 9.59 Å². The summed E-state index contributed by atoms with van der Waals surface area (Å²) in [6.45, 7) is 4.81. The van der Waals surface area contributed by atoms with E-state index >= 15 is 0 Å². The van der Waals surface area contributed by atoms with E-state index < -0.39 is 0 Å². The monoisotopic (exact) mass is 411 g/mol. The summed E-state index contributed by atoms with van der Waals surface area (Å²) in [5, 5.41) is 0. The Morgan fingerprint density at radius 1 is 1.20 bits per heavy atom. The molecule has 1 fully saturated rings. The smallest absolute Gasteiger partial charge is 0.254 e. The highest BCUT2D eigenvalue weighted by molar-refractivity contribution is 5.97. The Hall–Kier alpha value is -2.96. The Bertz CT molecular complexity index is 934. The van der Waals surface area contributed by atoms with Gasteiger partial charge in [-0.15, -0.1) is 0 Å². The van der Waals surface area contributed by atoms with Gasteiger partial charge in [0.1, 0.15) is 6.54 Å². The predicted molar refractivity (Wildman–Crippen MR) is 112 cm³/mol. The molecule has 2 heterocycles. The zero-order valence-electron chi connectivity index (χ0n) is 17.8. The molecule has 0 bridgehead atoms. The van der Waals surface area contributed by atoms with Crippen LogP contribution in [0.3, 0.4) is 0 Å². The Morgan fingerprint density at radius 2 is 1.97 bits per heavy atom. The SMILES string of the molecule is CC[C@@H](C)N(CC(=O)N(Cc1cccn1C)C1CC1)C(=O)c1ccc2c(c1)OCO2. The Morgan fingerprint density at radius 3 is 2.63 bits per heavy atom. The molecule has 0 radical (unpaired) electrons. The highest BCUT2D eigenvalue weighted by atomic mass is 16.7. The Labute approximate surface area is 177 Å². The highest BCUT2D eigenvalue weighted by Gasteiger charge is 2.35. The second-order valence-electron chi connectivity index (χ2n) is 8.12. The van der Waals surface area contributed by atoms with Gasteiger partial charge in [0, 0.05) is 36.6 Å². The summed E-state index contributed by atoms with van der Waals surface area (Å²) in [4.78, 5) is 30.2. The van der Waals surface area contributed by atoms with Crippen LogP contribution in [0.15, 0.2) is 36.5 Å². The van der Waals surface area contributed by atoms with Crippen molar-refractivity contribution in [2.75, 3.05) is 13.3 Å². The zero-order chi connectivity index (χ0) is 21.3. The molecular weight excluding hydrogens is 382 g/mol. The number of amides is 2. The molecule has 160 valence electrons. The van der Waals surface area contributed by atoms with Crippen LogP contribution in [-0.4, -0.2) is 51.6 Å². The van der Waals surface area contributed by atoms with Gasteiger partial charge in [-0.3, -0.25) is 9.59 Å². The number of aryl methyl sites for hydroxylation is 1. The third-order valence-corrected chi connectivity index (χ3v) is 6.00. The molecule has 1 saturated carbocycles. The lowest BCUT2D eigenvalue weighted by atomic mass is 10.1. The number of nitrogens with zero attached hydrogens (tertiary/aromatic N) is 3. The van der Waals surface area contributed by atoms with Crippen LogP contribution in [0.2, 0.25) is 0 Å². The maximum Gasteiger partial charge on any atom is 0.254 e. The quantitative estimate of drug-likeness (QED) is 0.669. The molecule has 1 aliphatic heterocycles. The van der Waals surface area contributed by atoms with Crippen LogP contribution in [0.25, 0.3) is 0 Å². The molecule has 0 unspecified atom stereocenters. The maximum absolute atomic E-state index is 13.3. The van der Waals surface area contributed by atoms with Crippen molar-refractivity contribution in [2.24, 2.45) is 7.05 Å². The minimum absolute atomic E-state index is 0.00640. The summed E-state index contributed by atoms with van der Waals surface area (Å²) in [6.07, 6.45) is 4.80. The fraction of sp³-hybridized carbons (Fsp3) is 0.478. The normalized spacial score (nSPS) is 15.7. The molecule has 1 aromatic carbocycles. The number of aromatic nitrogens is 1. The average molecular weight is 412 g/mol. The molecule has 30 heavy (non-hydrogen) atoms. The minimum atomic E-state index is -0.161. The van der Waals surface area contributed by atoms with E-state index in [-0.39, 0.29) is 37.2 Å². The van der Waals surface area contributed by atoms with Gasteiger partial charge in [-0.05, 0) is 56.5 Å². The van der Waals surface area contributed by atoms with E-state index in [1.54, 1.807) is 23.1 Å². The highest BCUT2D eigenvalue weighted by Crippen LogP contribution is 2.33. The van der Waals surface area contributed by atoms with Crippen LogP contribution in [0.4, 0.5) is 0 Å². The van der Waals surface area contributed by atoms with E-state index in [2.05, 4.69) is 0 Å². The van der Waals surface area contributed by atoms with Gasteiger partial charge in [0.25, 0.3) is 5.91 Å². The van der Waals surface area contributed by atoms with Crippen LogP contribution in [0.5, 0.6) is 11.5 Å². The molecule has 2 aliphatic rings. The Kier molecular flexibility index (Phi) is 5.70. The summed E-state index contributed by atoms with van der Waals surface area (Å²) in [7, 11) is 1.99. The number of rotatable bonds is 8. The first kappa shape index (κ1) is 20.3. The molecule has 4 rings (SSSR count). The van der Waals surface area contributed by atoms with Gasteiger partial charge < -0.3 is 23.8 Å². The maximum atomic E-state index is 13.3. The van der Waals surface area contributed by atoms with Crippen molar-refractivity contribution in [2.45, 2.75) is 51.7 Å². The third-order valence-electron chi connectivity index (χ3n) is 6.00. The lowest BCUT2D eigenvalue weighted by Crippen LogP contribution is -2.47. The van der Waals surface area contributed by atoms with E-state index in [1.165, 1.54) is 0 Å². The summed E-state index contributed by atoms with van der Waals surface area (Å²) >= 11 is 0. The minimum Gasteiger partial charge on any atom is -0.454 e. The van der Waals surface area contributed by atoms with Crippen molar-refractivity contribution in [3.05, 3.63) is 47.8 Å². The average Bonchev–Trinajstić information content (AvgIpc) is 3.34. The van der Waals surface area contributed by atoms with Crippen LogP contribution in [0.1, 0.15) is 49.2 Å². The molecule has 0 spiro atoms. The van der Waals surface area contributed by atoms with Gasteiger partial charge in [0.2, 0.25) is 12.7 Å². The molecule has 2 aromatic rings. The van der Waals surface area contributed by atoms with Gasteiger partial charge in [0.05, 0.1) is 6.54 Å². The molecule has 7 heteroatoms. The van der Waals surface area contributed by atoms with Crippen molar-refractivity contribution < 1.29 is 19.1 Å². The van der Waals surface area contributed by atoms with Gasteiger partial charge in [-0.2, -0.15) is 0 Å². The van der Waals surface area contributed by atoms with Crippen LogP contribution in [0, 0.1) is 0 Å². The number of carbonyl (C=O) groups excluding carboxylic acids is 2. The fourth-order valence-corrected chi connectivity index (χ4v) is 3.72. The third kappa shape index (κ3) is 4.15. The molecule has 1 atom stereocenters. The topological polar surface area (TPSA) is 64.0 Å². The van der Waals surface area contributed by atoms with Crippen molar-refractivity contribution in [1.82, 2.24) is 14.4 Å². The number of benzene rings is 1. The van der Waals surface area contributed by atoms with Gasteiger partial charge in [-0.25, -0.2) is 0 Å². The summed E-state index contributed by atoms with van der Waals surface area (Å²) < 4.78 is 12.8. The second-order valence-corrected chi connectivity index (χ2v) is 8.12. The van der Waals surface area contributed by atoms with Crippen LogP contribution < -0.4 is 9.47 Å². The van der Waals surface area contributed by atoms with Gasteiger partial charge >= 0.3 is 0 Å². The van der Waals surface area contributed by atoms with Gasteiger partial charge in [-0.1, -0.05) is 6.92 Å². The molecule has 7 nitrogen and oxygen atoms in total. The first-order chi connectivity index (χ1) is 14.5. The first-order valence-corrected chi connectivity index (χ1v) is 10.6. The molecule has 0 saturated heterocycles. The molecule has 0 N–H and O–H groups in total. The molecular formula is C23H29N3O4. The predicted octanol–water partition coefficient (Wildman–Crippen LogP) is 3.19. The number of fused-ring (bicyclic) bond motifs is 1. The first-order valence-electron chi connectivity index (χ1n) is 10.6. The summed E-state index contributed by atoms with van der Waals surface area (Å²) in [5.74, 6) is 1.04. The van der Waals surface area contributed by atoms with E-state index in [0.29, 0.717) is 23.6 Å². The van der Waals surface area contributed by atoms with Crippen LogP contribution >= 0.6 is 0 Å². The van der Waals surface area contributed by atoms with Crippen molar-refractivity contribution in [1.29, 1.82) is 0 Å². The number of ether oxygens (including phenoxy) is 2. The van der Waals surface area contributed by atoms with Crippen molar-refractivity contribution in [3.8, 4) is 11.5 Å². The Balaban J connectivity index is 1.52. The van der Waals surface area contributed by atoms with E-state index in [1.807, 2.05) is 48.7 Å². The lowest BCUT2D eigenvalue weighted by molar-refractivity contribution is -0.133. The van der Waals surface area contributed by atoms with Gasteiger partial charge in [0.15, 0.2) is 11.5 Å². The van der Waals surface area contributed by atoms with Crippen LogP contribution in [-0.2, 0) is 18.4 Å². The molecule has 2 amide bonds. The second kappa shape index (κ2) is 8.42. The van der Waals surface area contributed by atoms with E-state index in [0.717, 1.165) is 25.0 Å².